The van der Waals surface area contributed by atoms with Crippen LogP contribution in [0, 0.1) is 0 Å². The third-order valence-electron chi connectivity index (χ3n) is 3.75. The van der Waals surface area contributed by atoms with Crippen molar-refractivity contribution in [1.29, 1.82) is 0 Å². The Morgan fingerprint density at radius 3 is 2.65 bits per heavy atom. The molecule has 1 N–H and O–H groups in total. The zero-order valence-electron chi connectivity index (χ0n) is 11.4. The summed E-state index contributed by atoms with van der Waals surface area (Å²) >= 11 is 0. The summed E-state index contributed by atoms with van der Waals surface area (Å²) in [6, 6.07) is 13.0. The molecule has 20 heavy (non-hydrogen) atoms. The first kappa shape index (κ1) is 13.5. The first-order valence-corrected chi connectivity index (χ1v) is 8.23. The molecule has 0 aromatic heterocycles. The number of rotatable bonds is 3. The lowest BCUT2D eigenvalue weighted by Gasteiger charge is -2.14. The van der Waals surface area contributed by atoms with Gasteiger partial charge in [0.25, 0.3) is 0 Å². The standard InChI is InChI=1S/C15H18N2O2S/c1-17-10-9-13(11-17)16-20(18,19)15-8-4-6-12-5-2-3-7-14(12)15/h2-8,13,16H,9-11H2,1H3. The Labute approximate surface area is 119 Å². The highest BCUT2D eigenvalue weighted by molar-refractivity contribution is 7.89. The summed E-state index contributed by atoms with van der Waals surface area (Å²) in [5.41, 5.74) is 0. The Bertz CT molecular complexity index is 722. The normalized spacial score (nSPS) is 20.6. The smallest absolute Gasteiger partial charge is 0.241 e. The van der Waals surface area contributed by atoms with Crippen molar-refractivity contribution >= 4 is 20.8 Å². The highest BCUT2D eigenvalue weighted by atomic mass is 32.2. The van der Waals surface area contributed by atoms with E-state index in [9.17, 15) is 8.42 Å². The van der Waals surface area contributed by atoms with Crippen LogP contribution in [-0.2, 0) is 10.0 Å². The average Bonchev–Trinajstić information content (AvgIpc) is 2.82. The summed E-state index contributed by atoms with van der Waals surface area (Å²) in [5.74, 6) is 0. The minimum atomic E-state index is -3.47. The fraction of sp³-hybridized carbons (Fsp3) is 0.333. The fourth-order valence-corrected chi connectivity index (χ4v) is 4.24. The van der Waals surface area contributed by atoms with Crippen LogP contribution in [0.2, 0.25) is 0 Å². The molecule has 0 radical (unpaired) electrons. The highest BCUT2D eigenvalue weighted by Crippen LogP contribution is 2.23. The topological polar surface area (TPSA) is 49.4 Å². The molecule has 1 fully saturated rings. The molecular weight excluding hydrogens is 272 g/mol. The minimum absolute atomic E-state index is 0.00367. The van der Waals surface area contributed by atoms with Gasteiger partial charge in [-0.3, -0.25) is 0 Å². The minimum Gasteiger partial charge on any atom is -0.305 e. The Kier molecular flexibility index (Phi) is 3.50. The number of hydrogen-bond donors (Lipinski definition) is 1. The van der Waals surface area contributed by atoms with E-state index in [2.05, 4.69) is 9.62 Å². The zero-order valence-corrected chi connectivity index (χ0v) is 12.2. The van der Waals surface area contributed by atoms with E-state index in [1.807, 2.05) is 37.4 Å². The molecule has 4 nitrogen and oxygen atoms in total. The lowest BCUT2D eigenvalue weighted by Crippen LogP contribution is -2.36. The average molecular weight is 290 g/mol. The van der Waals surface area contributed by atoms with Crippen LogP contribution in [0.15, 0.2) is 47.4 Å². The summed E-state index contributed by atoms with van der Waals surface area (Å²) in [4.78, 5) is 2.50. The molecule has 3 rings (SSSR count). The molecule has 0 saturated carbocycles. The second-order valence-corrected chi connectivity index (χ2v) is 7.03. The maximum absolute atomic E-state index is 12.6. The SMILES string of the molecule is CN1CCC(NS(=O)(=O)c2cccc3ccccc23)C1. The first-order valence-electron chi connectivity index (χ1n) is 6.75. The van der Waals surface area contributed by atoms with Gasteiger partial charge in [-0.15, -0.1) is 0 Å². The van der Waals surface area contributed by atoms with E-state index in [4.69, 9.17) is 0 Å². The van der Waals surface area contributed by atoms with Gasteiger partial charge in [0.05, 0.1) is 4.90 Å². The lowest BCUT2D eigenvalue weighted by atomic mass is 10.1. The van der Waals surface area contributed by atoms with Crippen LogP contribution in [0.5, 0.6) is 0 Å². The summed E-state index contributed by atoms with van der Waals surface area (Å²) in [6.45, 7) is 1.70. The van der Waals surface area contributed by atoms with Crippen molar-refractivity contribution in [3.63, 3.8) is 0 Å². The van der Waals surface area contributed by atoms with Gasteiger partial charge in [0.2, 0.25) is 10.0 Å². The van der Waals surface area contributed by atoms with Crippen molar-refractivity contribution in [2.75, 3.05) is 20.1 Å². The monoisotopic (exact) mass is 290 g/mol. The largest absolute Gasteiger partial charge is 0.305 e. The third kappa shape index (κ3) is 2.57. The molecule has 1 heterocycles. The van der Waals surface area contributed by atoms with Crippen molar-refractivity contribution < 1.29 is 8.42 Å². The van der Waals surface area contributed by atoms with Crippen LogP contribution in [0.3, 0.4) is 0 Å². The molecule has 1 atom stereocenters. The van der Waals surface area contributed by atoms with Gasteiger partial charge in [-0.05, 0) is 31.5 Å². The van der Waals surface area contributed by atoms with Crippen molar-refractivity contribution in [2.24, 2.45) is 0 Å². The quantitative estimate of drug-likeness (QED) is 0.938. The molecule has 1 unspecified atom stereocenters. The van der Waals surface area contributed by atoms with Crippen molar-refractivity contribution in [3.05, 3.63) is 42.5 Å². The Balaban J connectivity index is 1.97. The van der Waals surface area contributed by atoms with Crippen LogP contribution in [0.1, 0.15) is 6.42 Å². The molecule has 0 spiro atoms. The van der Waals surface area contributed by atoms with E-state index in [0.29, 0.717) is 4.90 Å². The molecular formula is C15H18N2O2S. The molecule has 1 aliphatic rings. The maximum Gasteiger partial charge on any atom is 0.241 e. The van der Waals surface area contributed by atoms with Gasteiger partial charge in [0.15, 0.2) is 0 Å². The summed E-state index contributed by atoms with van der Waals surface area (Å²) in [5, 5.41) is 1.72. The van der Waals surface area contributed by atoms with Crippen LogP contribution in [0.4, 0.5) is 0 Å². The number of likely N-dealkylation sites (tertiary alicyclic amines) is 1. The maximum atomic E-state index is 12.6. The van der Waals surface area contributed by atoms with Crippen LogP contribution < -0.4 is 4.72 Å². The first-order chi connectivity index (χ1) is 9.56. The molecule has 1 saturated heterocycles. The lowest BCUT2D eigenvalue weighted by molar-refractivity contribution is 0.407. The van der Waals surface area contributed by atoms with Crippen molar-refractivity contribution in [1.82, 2.24) is 9.62 Å². The highest BCUT2D eigenvalue weighted by Gasteiger charge is 2.26. The van der Waals surface area contributed by atoms with Crippen molar-refractivity contribution in [2.45, 2.75) is 17.4 Å². The summed E-state index contributed by atoms with van der Waals surface area (Å²) in [7, 11) is -1.46. The van der Waals surface area contributed by atoms with Gasteiger partial charge in [0, 0.05) is 18.0 Å². The van der Waals surface area contributed by atoms with Gasteiger partial charge < -0.3 is 4.90 Å². The molecule has 2 aromatic carbocycles. The third-order valence-corrected chi connectivity index (χ3v) is 5.33. The number of fused-ring (bicyclic) bond motifs is 1. The van der Waals surface area contributed by atoms with Crippen LogP contribution in [-0.4, -0.2) is 39.5 Å². The number of nitrogens with one attached hydrogen (secondary N) is 1. The van der Waals surface area contributed by atoms with Gasteiger partial charge >= 0.3 is 0 Å². The van der Waals surface area contributed by atoms with E-state index in [-0.39, 0.29) is 6.04 Å². The van der Waals surface area contributed by atoms with Gasteiger partial charge in [-0.2, -0.15) is 0 Å². The summed E-state index contributed by atoms with van der Waals surface area (Å²) < 4.78 is 28.0. The predicted octanol–water partition coefficient (Wildman–Crippen LogP) is 1.82. The van der Waals surface area contributed by atoms with Gasteiger partial charge in [0.1, 0.15) is 0 Å². The van der Waals surface area contributed by atoms with E-state index >= 15 is 0 Å². The Morgan fingerprint density at radius 1 is 1.15 bits per heavy atom. The van der Waals surface area contributed by atoms with Crippen molar-refractivity contribution in [3.8, 4) is 0 Å². The second kappa shape index (κ2) is 5.16. The van der Waals surface area contributed by atoms with E-state index in [1.54, 1.807) is 12.1 Å². The molecule has 5 heteroatoms. The van der Waals surface area contributed by atoms with Crippen LogP contribution >= 0.6 is 0 Å². The predicted molar refractivity (Wildman–Crippen MR) is 80.2 cm³/mol. The number of benzene rings is 2. The van der Waals surface area contributed by atoms with Crippen LogP contribution in [0.25, 0.3) is 10.8 Å². The van der Waals surface area contributed by atoms with E-state index in [1.165, 1.54) is 0 Å². The number of likely N-dealkylation sites (N-methyl/N-ethyl adjacent to an activating group) is 1. The van der Waals surface area contributed by atoms with E-state index in [0.717, 1.165) is 30.3 Å². The molecule has 2 aromatic rings. The number of sulfonamides is 1. The van der Waals surface area contributed by atoms with Gasteiger partial charge in [-0.25, -0.2) is 13.1 Å². The zero-order chi connectivity index (χ0) is 14.2. The molecule has 0 aliphatic carbocycles. The molecule has 0 bridgehead atoms. The summed E-state index contributed by atoms with van der Waals surface area (Å²) in [6.07, 6.45) is 0.862. The number of nitrogens with zero attached hydrogens (tertiary/aromatic N) is 1. The Morgan fingerprint density at radius 2 is 1.90 bits per heavy atom. The second-order valence-electron chi connectivity index (χ2n) is 5.35. The molecule has 1 aliphatic heterocycles. The molecule has 106 valence electrons. The number of hydrogen-bond acceptors (Lipinski definition) is 3. The Hall–Kier alpha value is -1.43. The van der Waals surface area contributed by atoms with Gasteiger partial charge in [-0.1, -0.05) is 36.4 Å². The fourth-order valence-electron chi connectivity index (χ4n) is 2.74. The molecule has 0 amide bonds. The van der Waals surface area contributed by atoms with E-state index < -0.39 is 10.0 Å².